The van der Waals surface area contributed by atoms with Crippen LogP contribution in [0.15, 0.2) is 72.8 Å². The zero-order valence-electron chi connectivity index (χ0n) is 16.3. The molecule has 3 aromatic rings. The van der Waals surface area contributed by atoms with Crippen LogP contribution in [0.3, 0.4) is 0 Å². The van der Waals surface area contributed by atoms with Crippen LogP contribution < -0.4 is 4.74 Å². The van der Waals surface area contributed by atoms with Crippen molar-refractivity contribution in [3.8, 4) is 5.75 Å². The molecule has 0 N–H and O–H groups in total. The Morgan fingerprint density at radius 2 is 1.57 bits per heavy atom. The average Bonchev–Trinajstić information content (AvgIpc) is 2.75. The Hall–Kier alpha value is -2.85. The van der Waals surface area contributed by atoms with Crippen molar-refractivity contribution in [1.82, 2.24) is 9.80 Å². The lowest BCUT2D eigenvalue weighted by atomic mass is 10.1. The highest BCUT2D eigenvalue weighted by atomic mass is 16.5. The standard InChI is InChI=1S/C24H26N2O2/c1-19(28-23-13-7-11-21-10-5-6-12-22(21)23)24(27)26-16-14-25(15-17-26)18-20-8-3-2-4-9-20/h2-13,19H,14-18H2,1H3/t19-/m1/s1. The molecule has 3 aromatic carbocycles. The van der Waals surface area contributed by atoms with E-state index < -0.39 is 6.10 Å². The number of hydrogen-bond acceptors (Lipinski definition) is 3. The Balaban J connectivity index is 1.34. The molecule has 0 bridgehead atoms. The Labute approximate surface area is 166 Å². The van der Waals surface area contributed by atoms with Crippen molar-refractivity contribution in [2.45, 2.75) is 19.6 Å². The second-order valence-electron chi connectivity index (χ2n) is 7.32. The summed E-state index contributed by atoms with van der Waals surface area (Å²) in [7, 11) is 0. The van der Waals surface area contributed by atoms with Crippen LogP contribution in [0.5, 0.6) is 5.75 Å². The van der Waals surface area contributed by atoms with Crippen molar-refractivity contribution in [1.29, 1.82) is 0 Å². The SMILES string of the molecule is C[C@@H](Oc1cccc2ccccc12)C(=O)N1CCN(Cc2ccccc2)CC1. The molecule has 0 unspecified atom stereocenters. The number of carbonyl (C=O) groups excluding carboxylic acids is 1. The molecule has 0 radical (unpaired) electrons. The van der Waals surface area contributed by atoms with Crippen molar-refractivity contribution >= 4 is 16.7 Å². The summed E-state index contributed by atoms with van der Waals surface area (Å²) < 4.78 is 6.06. The van der Waals surface area contributed by atoms with E-state index in [0.717, 1.165) is 49.2 Å². The Kier molecular flexibility index (Phi) is 5.58. The summed E-state index contributed by atoms with van der Waals surface area (Å²) in [5.41, 5.74) is 1.31. The van der Waals surface area contributed by atoms with Gasteiger partial charge in [0, 0.05) is 38.1 Å². The van der Waals surface area contributed by atoms with Gasteiger partial charge in [0.1, 0.15) is 5.75 Å². The summed E-state index contributed by atoms with van der Waals surface area (Å²) in [6.45, 7) is 6.05. The van der Waals surface area contributed by atoms with Crippen molar-refractivity contribution in [2.24, 2.45) is 0 Å². The number of carbonyl (C=O) groups is 1. The van der Waals surface area contributed by atoms with Gasteiger partial charge in [-0.1, -0.05) is 66.7 Å². The summed E-state index contributed by atoms with van der Waals surface area (Å²) in [4.78, 5) is 17.2. The van der Waals surface area contributed by atoms with Crippen LogP contribution in [-0.4, -0.2) is 48.0 Å². The first-order chi connectivity index (χ1) is 13.7. The fourth-order valence-corrected chi connectivity index (χ4v) is 3.76. The number of benzene rings is 3. The third-order valence-corrected chi connectivity index (χ3v) is 5.33. The lowest BCUT2D eigenvalue weighted by molar-refractivity contribution is -0.139. The van der Waals surface area contributed by atoms with E-state index in [1.54, 1.807) is 0 Å². The molecule has 0 saturated carbocycles. The van der Waals surface area contributed by atoms with Gasteiger partial charge in [-0.3, -0.25) is 9.69 Å². The highest BCUT2D eigenvalue weighted by molar-refractivity contribution is 5.89. The maximum absolute atomic E-state index is 12.9. The number of nitrogens with zero attached hydrogens (tertiary/aromatic N) is 2. The predicted molar refractivity (Wildman–Crippen MR) is 112 cm³/mol. The molecule has 4 nitrogen and oxygen atoms in total. The van der Waals surface area contributed by atoms with Crippen molar-refractivity contribution in [3.63, 3.8) is 0 Å². The Morgan fingerprint density at radius 1 is 0.893 bits per heavy atom. The predicted octanol–water partition coefficient (Wildman–Crippen LogP) is 3.95. The van der Waals surface area contributed by atoms with Crippen LogP contribution in [0.25, 0.3) is 10.8 Å². The van der Waals surface area contributed by atoms with Gasteiger partial charge >= 0.3 is 0 Å². The summed E-state index contributed by atoms with van der Waals surface area (Å²) in [5, 5.41) is 2.16. The van der Waals surface area contributed by atoms with Crippen LogP contribution in [0.1, 0.15) is 12.5 Å². The van der Waals surface area contributed by atoms with Crippen LogP contribution in [0, 0.1) is 0 Å². The molecule has 1 amide bonds. The minimum absolute atomic E-state index is 0.0623. The Morgan fingerprint density at radius 3 is 2.36 bits per heavy atom. The molecular formula is C24H26N2O2. The molecule has 4 heteroatoms. The second-order valence-corrected chi connectivity index (χ2v) is 7.32. The molecule has 0 aliphatic carbocycles. The van der Waals surface area contributed by atoms with Crippen molar-refractivity contribution in [3.05, 3.63) is 78.4 Å². The number of rotatable bonds is 5. The maximum atomic E-state index is 12.9. The van der Waals surface area contributed by atoms with Crippen LogP contribution in [0.2, 0.25) is 0 Å². The van der Waals surface area contributed by atoms with E-state index in [2.05, 4.69) is 41.3 Å². The van der Waals surface area contributed by atoms with E-state index >= 15 is 0 Å². The van der Waals surface area contributed by atoms with Gasteiger partial charge in [-0.15, -0.1) is 0 Å². The zero-order chi connectivity index (χ0) is 19.3. The lowest BCUT2D eigenvalue weighted by Crippen LogP contribution is -2.51. The minimum Gasteiger partial charge on any atom is -0.480 e. The van der Waals surface area contributed by atoms with Gasteiger partial charge in [0.05, 0.1) is 0 Å². The summed E-state index contributed by atoms with van der Waals surface area (Å²) >= 11 is 0. The molecule has 1 heterocycles. The summed E-state index contributed by atoms with van der Waals surface area (Å²) in [6.07, 6.45) is -0.494. The van der Waals surface area contributed by atoms with Crippen molar-refractivity contribution in [2.75, 3.05) is 26.2 Å². The van der Waals surface area contributed by atoms with Gasteiger partial charge in [-0.25, -0.2) is 0 Å². The molecule has 1 atom stereocenters. The molecule has 4 rings (SSSR count). The van der Waals surface area contributed by atoms with Gasteiger partial charge in [0.15, 0.2) is 6.10 Å². The quantitative estimate of drug-likeness (QED) is 0.678. The van der Waals surface area contributed by atoms with Gasteiger partial charge in [-0.2, -0.15) is 0 Å². The maximum Gasteiger partial charge on any atom is 0.263 e. The van der Waals surface area contributed by atoms with Crippen LogP contribution in [0.4, 0.5) is 0 Å². The lowest BCUT2D eigenvalue weighted by Gasteiger charge is -2.36. The van der Waals surface area contributed by atoms with E-state index in [9.17, 15) is 4.79 Å². The molecule has 0 aromatic heterocycles. The van der Waals surface area contributed by atoms with E-state index in [1.165, 1.54) is 5.56 Å². The van der Waals surface area contributed by atoms with E-state index in [1.807, 2.05) is 48.2 Å². The highest BCUT2D eigenvalue weighted by Gasteiger charge is 2.26. The monoisotopic (exact) mass is 374 g/mol. The second kappa shape index (κ2) is 8.44. The summed E-state index contributed by atoms with van der Waals surface area (Å²) in [5.74, 6) is 0.828. The third kappa shape index (κ3) is 4.18. The van der Waals surface area contributed by atoms with Crippen molar-refractivity contribution < 1.29 is 9.53 Å². The molecule has 0 spiro atoms. The molecule has 28 heavy (non-hydrogen) atoms. The minimum atomic E-state index is -0.494. The number of fused-ring (bicyclic) bond motifs is 1. The summed E-state index contributed by atoms with van der Waals surface area (Å²) in [6, 6.07) is 24.5. The molecule has 144 valence electrons. The first-order valence-electron chi connectivity index (χ1n) is 9.90. The van der Waals surface area contributed by atoms with Gasteiger partial charge in [0.2, 0.25) is 0 Å². The molecular weight excluding hydrogens is 348 g/mol. The normalized spacial score (nSPS) is 16.1. The number of hydrogen-bond donors (Lipinski definition) is 0. The third-order valence-electron chi connectivity index (χ3n) is 5.33. The fraction of sp³-hybridized carbons (Fsp3) is 0.292. The van der Waals surface area contributed by atoms with Crippen LogP contribution >= 0.6 is 0 Å². The zero-order valence-corrected chi connectivity index (χ0v) is 16.3. The first-order valence-corrected chi connectivity index (χ1v) is 9.90. The average molecular weight is 374 g/mol. The largest absolute Gasteiger partial charge is 0.480 e. The Bertz CT molecular complexity index is 928. The van der Waals surface area contributed by atoms with E-state index in [-0.39, 0.29) is 5.91 Å². The fourth-order valence-electron chi connectivity index (χ4n) is 3.76. The van der Waals surface area contributed by atoms with E-state index in [0.29, 0.717) is 0 Å². The molecule has 1 fully saturated rings. The van der Waals surface area contributed by atoms with Crippen LogP contribution in [-0.2, 0) is 11.3 Å². The number of ether oxygens (including phenoxy) is 1. The number of piperazine rings is 1. The highest BCUT2D eigenvalue weighted by Crippen LogP contribution is 2.26. The number of amides is 1. The topological polar surface area (TPSA) is 32.8 Å². The van der Waals surface area contributed by atoms with Gasteiger partial charge < -0.3 is 9.64 Å². The molecule has 1 aliphatic heterocycles. The van der Waals surface area contributed by atoms with E-state index in [4.69, 9.17) is 4.74 Å². The molecule has 1 saturated heterocycles. The van der Waals surface area contributed by atoms with Gasteiger partial charge in [0.25, 0.3) is 5.91 Å². The first kappa shape index (κ1) is 18.5. The molecule has 1 aliphatic rings. The van der Waals surface area contributed by atoms with Gasteiger partial charge in [-0.05, 0) is 23.9 Å². The smallest absolute Gasteiger partial charge is 0.263 e.